The summed E-state index contributed by atoms with van der Waals surface area (Å²) in [5.74, 6) is 0.244. The highest BCUT2D eigenvalue weighted by Gasteiger charge is 2.16. The zero-order valence-electron chi connectivity index (χ0n) is 24.6. The molecule has 0 bridgehead atoms. The van der Waals surface area contributed by atoms with Crippen LogP contribution in [0, 0.1) is 11.8 Å². The van der Waals surface area contributed by atoms with Crippen molar-refractivity contribution >= 4 is 5.97 Å². The molecule has 0 aliphatic rings. The molecule has 0 aliphatic carbocycles. The van der Waals surface area contributed by atoms with Crippen LogP contribution in [0.1, 0.15) is 194 Å². The van der Waals surface area contributed by atoms with E-state index in [4.69, 9.17) is 0 Å². The van der Waals surface area contributed by atoms with Crippen LogP contribution in [0.4, 0.5) is 0 Å². The van der Waals surface area contributed by atoms with Crippen LogP contribution in [0.2, 0.25) is 0 Å². The van der Waals surface area contributed by atoms with Gasteiger partial charge < -0.3 is 5.11 Å². The molecule has 0 heterocycles. The average molecular weight is 495 g/mol. The van der Waals surface area contributed by atoms with E-state index < -0.39 is 5.97 Å². The van der Waals surface area contributed by atoms with Gasteiger partial charge in [-0.05, 0) is 18.8 Å². The van der Waals surface area contributed by atoms with Crippen LogP contribution < -0.4 is 0 Å². The third kappa shape index (κ3) is 26.3. The predicted molar refractivity (Wildman–Crippen MR) is 156 cm³/mol. The Labute approximate surface area is 221 Å². The van der Waals surface area contributed by atoms with E-state index in [9.17, 15) is 9.90 Å². The van der Waals surface area contributed by atoms with Crippen LogP contribution >= 0.6 is 0 Å². The molecule has 0 aliphatic heterocycles. The number of carboxylic acids is 1. The Hall–Kier alpha value is -0.530. The first-order valence-corrected chi connectivity index (χ1v) is 16.3. The van der Waals surface area contributed by atoms with E-state index in [0.29, 0.717) is 0 Å². The Bertz CT molecular complexity index is 419. The van der Waals surface area contributed by atoms with Gasteiger partial charge in [0.15, 0.2) is 0 Å². The molecule has 0 amide bonds. The van der Waals surface area contributed by atoms with E-state index in [1.807, 2.05) is 0 Å². The lowest BCUT2D eigenvalue weighted by molar-refractivity contribution is -0.142. The summed E-state index contributed by atoms with van der Waals surface area (Å²) in [5.41, 5.74) is 0. The van der Waals surface area contributed by atoms with Gasteiger partial charge in [0, 0.05) is 0 Å². The minimum Gasteiger partial charge on any atom is -0.481 e. The van der Waals surface area contributed by atoms with Crippen LogP contribution in [-0.2, 0) is 4.79 Å². The maximum Gasteiger partial charge on any atom is 0.306 e. The first kappa shape index (κ1) is 34.5. The third-order valence-corrected chi connectivity index (χ3v) is 8.20. The lowest BCUT2D eigenvalue weighted by Crippen LogP contribution is -2.13. The Morgan fingerprint density at radius 2 is 0.771 bits per heavy atom. The van der Waals surface area contributed by atoms with Gasteiger partial charge in [0.2, 0.25) is 0 Å². The first-order chi connectivity index (χ1) is 17.1. The van der Waals surface area contributed by atoms with Crippen LogP contribution in [0.3, 0.4) is 0 Å². The van der Waals surface area contributed by atoms with Gasteiger partial charge in [0.1, 0.15) is 0 Å². The summed E-state index contributed by atoms with van der Waals surface area (Å²) in [4.78, 5) is 11.6. The topological polar surface area (TPSA) is 37.3 Å². The summed E-state index contributed by atoms with van der Waals surface area (Å²) in [7, 11) is 0. The van der Waals surface area contributed by atoms with Crippen molar-refractivity contribution in [2.24, 2.45) is 11.8 Å². The second-order valence-corrected chi connectivity index (χ2v) is 11.7. The molecule has 0 saturated heterocycles. The molecule has 2 atom stereocenters. The summed E-state index contributed by atoms with van der Waals surface area (Å²) < 4.78 is 0. The van der Waals surface area contributed by atoms with E-state index in [-0.39, 0.29) is 5.92 Å². The number of carboxylic acid groups (broad SMARTS) is 1. The van der Waals surface area contributed by atoms with Gasteiger partial charge in [-0.1, -0.05) is 181 Å². The normalized spacial score (nSPS) is 13.2. The number of hydrogen-bond donors (Lipinski definition) is 1. The van der Waals surface area contributed by atoms with Crippen molar-refractivity contribution in [1.29, 1.82) is 0 Å². The molecule has 0 fully saturated rings. The van der Waals surface area contributed by atoms with Crippen LogP contribution in [0.15, 0.2) is 0 Å². The minimum absolute atomic E-state index is 0.0992. The van der Waals surface area contributed by atoms with Crippen LogP contribution in [0.5, 0.6) is 0 Å². The summed E-state index contributed by atoms with van der Waals surface area (Å²) in [6.07, 6.45) is 35.5. The highest BCUT2D eigenvalue weighted by Crippen LogP contribution is 2.20. The molecule has 0 rings (SSSR count). The molecule has 35 heavy (non-hydrogen) atoms. The Morgan fingerprint density at radius 3 is 1.06 bits per heavy atom. The quantitative estimate of drug-likeness (QED) is 0.105. The molecule has 0 radical (unpaired) electrons. The van der Waals surface area contributed by atoms with Crippen LogP contribution in [0.25, 0.3) is 0 Å². The van der Waals surface area contributed by atoms with Crippen molar-refractivity contribution in [1.82, 2.24) is 0 Å². The molecule has 0 saturated carbocycles. The van der Waals surface area contributed by atoms with Crippen molar-refractivity contribution in [2.75, 3.05) is 0 Å². The fourth-order valence-corrected chi connectivity index (χ4v) is 5.30. The molecule has 0 spiro atoms. The second-order valence-electron chi connectivity index (χ2n) is 11.7. The van der Waals surface area contributed by atoms with Crippen molar-refractivity contribution in [3.8, 4) is 0 Å². The lowest BCUT2D eigenvalue weighted by Gasteiger charge is -2.12. The fourth-order valence-electron chi connectivity index (χ4n) is 5.30. The summed E-state index contributed by atoms with van der Waals surface area (Å²) >= 11 is 0. The molecule has 2 nitrogen and oxygen atoms in total. The van der Waals surface area contributed by atoms with Crippen molar-refractivity contribution in [2.45, 2.75) is 194 Å². The van der Waals surface area contributed by atoms with Gasteiger partial charge in [-0.2, -0.15) is 0 Å². The lowest BCUT2D eigenvalue weighted by atomic mass is 9.94. The highest BCUT2D eigenvalue weighted by molar-refractivity contribution is 5.69. The fraction of sp³-hybridized carbons (Fsp3) is 0.970. The Balaban J connectivity index is 3.43. The number of hydrogen-bond acceptors (Lipinski definition) is 1. The summed E-state index contributed by atoms with van der Waals surface area (Å²) in [6.45, 7) is 6.95. The first-order valence-electron chi connectivity index (χ1n) is 16.3. The number of unbranched alkanes of at least 4 members (excludes halogenated alkanes) is 21. The van der Waals surface area contributed by atoms with E-state index in [2.05, 4.69) is 20.8 Å². The molecule has 0 aromatic rings. The zero-order valence-corrected chi connectivity index (χ0v) is 24.6. The van der Waals surface area contributed by atoms with Gasteiger partial charge in [-0.15, -0.1) is 0 Å². The Kier molecular flexibility index (Phi) is 27.6. The Morgan fingerprint density at radius 1 is 0.486 bits per heavy atom. The third-order valence-electron chi connectivity index (χ3n) is 8.20. The van der Waals surface area contributed by atoms with Gasteiger partial charge >= 0.3 is 5.97 Å². The van der Waals surface area contributed by atoms with E-state index >= 15 is 0 Å². The highest BCUT2D eigenvalue weighted by atomic mass is 16.4. The van der Waals surface area contributed by atoms with Gasteiger partial charge in [-0.3, -0.25) is 4.79 Å². The zero-order chi connectivity index (χ0) is 25.8. The molecule has 0 aromatic heterocycles. The van der Waals surface area contributed by atoms with Crippen molar-refractivity contribution < 1.29 is 9.90 Å². The number of aliphatic carboxylic acids is 1. The standard InChI is InChI=1S/C33H66O2/c1-4-6-7-8-9-10-11-12-13-14-17-20-23-26-29-32(33(34)35)30-27-24-21-18-15-16-19-22-25-28-31(3)5-2/h31-32H,4-30H2,1-3H3,(H,34,35). The monoisotopic (exact) mass is 495 g/mol. The SMILES string of the molecule is CCCCCCCCCCCCCCCCC(CCCCCCCCCCCC(C)CC)C(=O)O. The molecular formula is C33H66O2. The maximum absolute atomic E-state index is 11.6. The summed E-state index contributed by atoms with van der Waals surface area (Å²) in [5, 5.41) is 9.57. The predicted octanol–water partition coefficient (Wildman–Crippen LogP) is 11.9. The number of carbonyl (C=O) groups is 1. The van der Waals surface area contributed by atoms with Crippen molar-refractivity contribution in [3.05, 3.63) is 0 Å². The molecule has 2 heteroatoms. The second kappa shape index (κ2) is 28.0. The van der Waals surface area contributed by atoms with Crippen molar-refractivity contribution in [3.63, 3.8) is 0 Å². The smallest absolute Gasteiger partial charge is 0.306 e. The molecule has 0 aromatic carbocycles. The molecule has 1 N–H and O–H groups in total. The van der Waals surface area contributed by atoms with E-state index in [1.54, 1.807) is 0 Å². The molecule has 210 valence electrons. The molecular weight excluding hydrogens is 428 g/mol. The maximum atomic E-state index is 11.6. The van der Waals surface area contributed by atoms with Gasteiger partial charge in [0.25, 0.3) is 0 Å². The largest absolute Gasteiger partial charge is 0.481 e. The summed E-state index contributed by atoms with van der Waals surface area (Å²) in [6, 6.07) is 0. The average Bonchev–Trinajstić information content (AvgIpc) is 2.85. The van der Waals surface area contributed by atoms with Gasteiger partial charge in [-0.25, -0.2) is 0 Å². The molecule has 2 unspecified atom stereocenters. The van der Waals surface area contributed by atoms with E-state index in [0.717, 1.165) is 31.6 Å². The minimum atomic E-state index is -0.558. The van der Waals surface area contributed by atoms with E-state index in [1.165, 1.54) is 148 Å². The number of rotatable bonds is 29. The van der Waals surface area contributed by atoms with Gasteiger partial charge in [0.05, 0.1) is 5.92 Å². The van der Waals surface area contributed by atoms with Crippen LogP contribution in [-0.4, -0.2) is 11.1 Å².